The van der Waals surface area contributed by atoms with Crippen LogP contribution in [0.15, 0.2) is 42.6 Å². The van der Waals surface area contributed by atoms with Crippen molar-refractivity contribution in [3.05, 3.63) is 59.5 Å². The van der Waals surface area contributed by atoms with E-state index in [1.165, 1.54) is 18.3 Å². The largest absolute Gasteiger partial charge is 0.477 e. The van der Waals surface area contributed by atoms with E-state index in [9.17, 15) is 18.0 Å². The third-order valence-electron chi connectivity index (χ3n) is 4.12. The molecule has 0 saturated carbocycles. The van der Waals surface area contributed by atoms with Crippen molar-refractivity contribution < 1.29 is 23.1 Å². The van der Waals surface area contributed by atoms with Gasteiger partial charge in [0.1, 0.15) is 12.2 Å². The Labute approximate surface area is 164 Å². The number of carbonyl (C=O) groups is 1. The fraction of sp³-hybridized carbons (Fsp3) is 0.200. The molecule has 29 heavy (non-hydrogen) atoms. The molecule has 150 valence electrons. The van der Waals surface area contributed by atoms with Gasteiger partial charge in [-0.2, -0.15) is 13.2 Å². The Hall–Kier alpha value is -3.51. The van der Waals surface area contributed by atoms with Crippen molar-refractivity contribution in [3.63, 3.8) is 0 Å². The molecule has 0 aliphatic carbocycles. The third-order valence-corrected chi connectivity index (χ3v) is 4.12. The lowest BCUT2D eigenvalue weighted by Crippen LogP contribution is -2.18. The third kappa shape index (κ3) is 5.06. The molecule has 3 aromatic rings. The van der Waals surface area contributed by atoms with Crippen LogP contribution in [0.1, 0.15) is 21.7 Å². The number of carboxylic acid groups (broad SMARTS) is 1. The SMILES string of the molecule is NCc1ccc2c(c1)cc(C#CCNc1ccc(C(=O)O)nc1)n2CC(F)(F)F. The number of hydrogen-bond acceptors (Lipinski definition) is 4. The van der Waals surface area contributed by atoms with Crippen molar-refractivity contribution in [1.29, 1.82) is 0 Å². The number of carboxylic acids is 1. The first kappa shape index (κ1) is 20.2. The van der Waals surface area contributed by atoms with Crippen molar-refractivity contribution in [2.24, 2.45) is 5.73 Å². The predicted molar refractivity (Wildman–Crippen MR) is 102 cm³/mol. The Morgan fingerprint density at radius 3 is 2.66 bits per heavy atom. The van der Waals surface area contributed by atoms with Gasteiger partial charge in [-0.25, -0.2) is 9.78 Å². The molecule has 0 unspecified atom stereocenters. The number of alkyl halides is 3. The topological polar surface area (TPSA) is 93.2 Å². The first-order valence-electron chi connectivity index (χ1n) is 8.58. The summed E-state index contributed by atoms with van der Waals surface area (Å²) in [5.41, 5.74) is 7.57. The Bertz CT molecular complexity index is 1090. The van der Waals surface area contributed by atoms with E-state index in [1.807, 2.05) is 0 Å². The van der Waals surface area contributed by atoms with Gasteiger partial charge in [0, 0.05) is 17.4 Å². The van der Waals surface area contributed by atoms with E-state index in [0.717, 1.165) is 10.1 Å². The molecular weight excluding hydrogens is 385 g/mol. The summed E-state index contributed by atoms with van der Waals surface area (Å²) >= 11 is 0. The van der Waals surface area contributed by atoms with Crippen LogP contribution in [-0.2, 0) is 13.1 Å². The monoisotopic (exact) mass is 402 g/mol. The van der Waals surface area contributed by atoms with Crippen LogP contribution in [0.5, 0.6) is 0 Å². The van der Waals surface area contributed by atoms with Crippen LogP contribution < -0.4 is 11.1 Å². The molecule has 0 bridgehead atoms. The van der Waals surface area contributed by atoms with Crippen LogP contribution in [0.3, 0.4) is 0 Å². The van der Waals surface area contributed by atoms with Gasteiger partial charge in [-0.15, -0.1) is 0 Å². The fourth-order valence-electron chi connectivity index (χ4n) is 2.81. The average Bonchev–Trinajstić information content (AvgIpc) is 3.00. The van der Waals surface area contributed by atoms with Crippen LogP contribution in [0.25, 0.3) is 10.9 Å². The molecule has 0 spiro atoms. The first-order chi connectivity index (χ1) is 13.8. The maximum atomic E-state index is 13.0. The molecule has 0 aliphatic heterocycles. The molecule has 2 heterocycles. The summed E-state index contributed by atoms with van der Waals surface area (Å²) in [4.78, 5) is 14.5. The summed E-state index contributed by atoms with van der Waals surface area (Å²) in [6.07, 6.45) is -3.04. The molecule has 0 radical (unpaired) electrons. The highest BCUT2D eigenvalue weighted by Gasteiger charge is 2.29. The summed E-state index contributed by atoms with van der Waals surface area (Å²) in [5, 5.41) is 12.4. The molecule has 3 rings (SSSR count). The number of rotatable bonds is 5. The Morgan fingerprint density at radius 2 is 2.03 bits per heavy atom. The van der Waals surface area contributed by atoms with Crippen LogP contribution >= 0.6 is 0 Å². The summed E-state index contributed by atoms with van der Waals surface area (Å²) in [7, 11) is 0. The lowest BCUT2D eigenvalue weighted by atomic mass is 10.1. The second-order valence-electron chi connectivity index (χ2n) is 6.22. The number of benzene rings is 1. The van der Waals surface area contributed by atoms with E-state index in [4.69, 9.17) is 10.8 Å². The number of nitrogens with two attached hydrogens (primary N) is 1. The summed E-state index contributed by atoms with van der Waals surface area (Å²) in [5.74, 6) is 4.42. The number of pyridine rings is 1. The van der Waals surface area contributed by atoms with Crippen LogP contribution in [0.4, 0.5) is 18.9 Å². The zero-order valence-corrected chi connectivity index (χ0v) is 15.1. The molecule has 6 nitrogen and oxygen atoms in total. The highest BCUT2D eigenvalue weighted by Crippen LogP contribution is 2.26. The normalized spacial score (nSPS) is 11.2. The van der Waals surface area contributed by atoms with Crippen molar-refractivity contribution in [2.75, 3.05) is 11.9 Å². The minimum atomic E-state index is -4.38. The predicted octanol–water partition coefficient (Wildman–Crippen LogP) is 3.22. The quantitative estimate of drug-likeness (QED) is 0.570. The first-order valence-corrected chi connectivity index (χ1v) is 8.58. The molecule has 1 aromatic carbocycles. The number of nitrogens with zero attached hydrogens (tertiary/aromatic N) is 2. The number of aromatic nitrogens is 2. The molecule has 0 aliphatic rings. The van der Waals surface area contributed by atoms with Gasteiger partial charge < -0.3 is 20.7 Å². The number of nitrogens with one attached hydrogen (secondary N) is 1. The van der Waals surface area contributed by atoms with E-state index < -0.39 is 18.7 Å². The molecule has 0 fully saturated rings. The van der Waals surface area contributed by atoms with Gasteiger partial charge in [-0.1, -0.05) is 12.0 Å². The van der Waals surface area contributed by atoms with Gasteiger partial charge in [-0.3, -0.25) is 0 Å². The Morgan fingerprint density at radius 1 is 1.24 bits per heavy atom. The van der Waals surface area contributed by atoms with Gasteiger partial charge in [0.15, 0.2) is 0 Å². The van der Waals surface area contributed by atoms with Crippen molar-refractivity contribution in [2.45, 2.75) is 19.3 Å². The molecule has 0 amide bonds. The lowest BCUT2D eigenvalue weighted by Gasteiger charge is -2.11. The van der Waals surface area contributed by atoms with Gasteiger partial charge in [-0.05, 0) is 41.8 Å². The second-order valence-corrected chi connectivity index (χ2v) is 6.22. The smallest absolute Gasteiger partial charge is 0.406 e. The van der Waals surface area contributed by atoms with E-state index in [1.54, 1.807) is 24.3 Å². The minimum absolute atomic E-state index is 0.0878. The van der Waals surface area contributed by atoms with Gasteiger partial charge in [0.05, 0.1) is 24.1 Å². The zero-order valence-electron chi connectivity index (χ0n) is 15.1. The number of aromatic carboxylic acids is 1. The molecule has 9 heteroatoms. The number of halogens is 3. The van der Waals surface area contributed by atoms with E-state index >= 15 is 0 Å². The van der Waals surface area contributed by atoms with Crippen molar-refractivity contribution >= 4 is 22.6 Å². The van der Waals surface area contributed by atoms with E-state index in [-0.39, 0.29) is 17.9 Å². The van der Waals surface area contributed by atoms with Crippen molar-refractivity contribution in [3.8, 4) is 11.8 Å². The van der Waals surface area contributed by atoms with Gasteiger partial charge >= 0.3 is 12.1 Å². The minimum Gasteiger partial charge on any atom is -0.477 e. The Kier molecular flexibility index (Phi) is 5.75. The van der Waals surface area contributed by atoms with Crippen molar-refractivity contribution in [1.82, 2.24) is 9.55 Å². The van der Waals surface area contributed by atoms with E-state index in [0.29, 0.717) is 23.1 Å². The highest BCUT2D eigenvalue weighted by atomic mass is 19.4. The number of hydrogen-bond donors (Lipinski definition) is 3. The number of anilines is 1. The zero-order chi connectivity index (χ0) is 21.0. The maximum absolute atomic E-state index is 13.0. The molecule has 2 aromatic heterocycles. The Balaban J connectivity index is 1.81. The summed E-state index contributed by atoms with van der Waals surface area (Å²) < 4.78 is 40.2. The fourth-order valence-corrected chi connectivity index (χ4v) is 2.81. The summed E-state index contributed by atoms with van der Waals surface area (Å²) in [6, 6.07) is 9.54. The van der Waals surface area contributed by atoms with Crippen LogP contribution in [0.2, 0.25) is 0 Å². The second kappa shape index (κ2) is 8.24. The maximum Gasteiger partial charge on any atom is 0.406 e. The van der Waals surface area contributed by atoms with Gasteiger partial charge in [0.2, 0.25) is 0 Å². The molecule has 0 atom stereocenters. The number of fused-ring (bicyclic) bond motifs is 1. The molecule has 4 N–H and O–H groups in total. The highest BCUT2D eigenvalue weighted by molar-refractivity contribution is 5.85. The van der Waals surface area contributed by atoms with Crippen LogP contribution in [0, 0.1) is 11.8 Å². The van der Waals surface area contributed by atoms with E-state index in [2.05, 4.69) is 22.1 Å². The molecule has 0 saturated heterocycles. The standard InChI is InChI=1S/C20H17F3N4O2/c21-20(22,23)12-27-16(9-14-8-13(10-24)3-6-18(14)27)2-1-7-25-15-4-5-17(19(28)29)26-11-15/h3-6,8-9,11,25H,7,10,12,24H2,(H,28,29). The molecular formula is C20H17F3N4O2. The average molecular weight is 402 g/mol. The van der Waals surface area contributed by atoms with Gasteiger partial charge in [0.25, 0.3) is 0 Å². The lowest BCUT2D eigenvalue weighted by molar-refractivity contribution is -0.140. The van der Waals surface area contributed by atoms with Crippen LogP contribution in [-0.4, -0.2) is 33.3 Å². The summed E-state index contributed by atoms with van der Waals surface area (Å²) in [6.45, 7) is -0.702.